The van der Waals surface area contributed by atoms with E-state index < -0.39 is 0 Å². The standard InChI is InChI=1S/C30H27IN2O2/c31-14-13-22-17-24(35-16-6-2-1-5-15-34)10-12-25(22)28-18-23(19-32)29(20-33)27-11-9-21-7-3-4-8-26(21)30(27)28/h3-4,7-8,10,12,15,17-18H,1-2,5-6,9,11,13-14,16H2. The molecule has 0 aromatic heterocycles. The third kappa shape index (κ3) is 5.41. The summed E-state index contributed by atoms with van der Waals surface area (Å²) < 4.78 is 6.99. The predicted molar refractivity (Wildman–Crippen MR) is 147 cm³/mol. The summed E-state index contributed by atoms with van der Waals surface area (Å²) in [6.45, 7) is 0.625. The fourth-order valence-corrected chi connectivity index (χ4v) is 5.48. The van der Waals surface area contributed by atoms with E-state index in [4.69, 9.17) is 4.74 Å². The van der Waals surface area contributed by atoms with Gasteiger partial charge in [-0.2, -0.15) is 10.5 Å². The van der Waals surface area contributed by atoms with Crippen molar-refractivity contribution in [3.63, 3.8) is 0 Å². The Labute approximate surface area is 220 Å². The normalized spacial score (nSPS) is 11.6. The van der Waals surface area contributed by atoms with Crippen molar-refractivity contribution in [2.75, 3.05) is 11.0 Å². The molecule has 1 aliphatic rings. The first-order valence-corrected chi connectivity index (χ1v) is 13.6. The number of aryl methyl sites for hydroxylation is 2. The van der Waals surface area contributed by atoms with Gasteiger partial charge < -0.3 is 9.53 Å². The van der Waals surface area contributed by atoms with Gasteiger partial charge in [-0.15, -0.1) is 0 Å². The Hall–Kier alpha value is -3.16. The molecule has 0 atom stereocenters. The number of unbranched alkanes of at least 4 members (excludes halogenated alkanes) is 3. The molecule has 176 valence electrons. The van der Waals surface area contributed by atoms with Crippen LogP contribution < -0.4 is 4.74 Å². The van der Waals surface area contributed by atoms with Crippen molar-refractivity contribution in [1.82, 2.24) is 0 Å². The van der Waals surface area contributed by atoms with Gasteiger partial charge in [-0.3, -0.25) is 0 Å². The molecule has 3 aromatic carbocycles. The van der Waals surface area contributed by atoms with Gasteiger partial charge in [0.05, 0.1) is 17.7 Å². The molecule has 0 aliphatic heterocycles. The lowest BCUT2D eigenvalue weighted by Gasteiger charge is -2.25. The third-order valence-corrected chi connectivity index (χ3v) is 7.10. The second-order valence-electron chi connectivity index (χ2n) is 8.70. The largest absolute Gasteiger partial charge is 0.494 e. The molecule has 4 rings (SSSR count). The molecule has 5 heteroatoms. The Kier molecular flexibility index (Phi) is 8.55. The van der Waals surface area contributed by atoms with Crippen LogP contribution in [0, 0.1) is 22.7 Å². The predicted octanol–water partition coefficient (Wildman–Crippen LogP) is 6.98. The first-order valence-electron chi connectivity index (χ1n) is 12.1. The minimum absolute atomic E-state index is 0.441. The SMILES string of the molecule is N#Cc1cc(-c2ccc(OCCCCCC=O)cc2CCI)c2c(c1C#N)CCc1ccccc1-2. The van der Waals surface area contributed by atoms with Gasteiger partial charge in [0.15, 0.2) is 0 Å². The van der Waals surface area contributed by atoms with Crippen LogP contribution in [0.1, 0.15) is 53.5 Å². The first kappa shape index (κ1) is 24.9. The number of halogens is 1. The average Bonchev–Trinajstić information content (AvgIpc) is 2.90. The number of ether oxygens (including phenoxy) is 1. The lowest BCUT2D eigenvalue weighted by Crippen LogP contribution is -2.10. The van der Waals surface area contributed by atoms with Crippen LogP contribution in [0.2, 0.25) is 0 Å². The summed E-state index contributed by atoms with van der Waals surface area (Å²) in [4.78, 5) is 10.5. The van der Waals surface area contributed by atoms with E-state index in [1.165, 1.54) is 11.1 Å². The van der Waals surface area contributed by atoms with E-state index >= 15 is 0 Å². The highest BCUT2D eigenvalue weighted by molar-refractivity contribution is 14.1. The van der Waals surface area contributed by atoms with Crippen molar-refractivity contribution in [3.8, 4) is 40.1 Å². The van der Waals surface area contributed by atoms with Crippen LogP contribution in [0.3, 0.4) is 0 Å². The Morgan fingerprint density at radius 1 is 0.943 bits per heavy atom. The minimum atomic E-state index is 0.441. The molecule has 0 amide bonds. The fourth-order valence-electron chi connectivity index (χ4n) is 4.89. The molecule has 0 radical (unpaired) electrons. The summed E-state index contributed by atoms with van der Waals surface area (Å²) in [5.74, 6) is 0.840. The number of aldehydes is 1. The van der Waals surface area contributed by atoms with E-state index in [0.29, 0.717) is 24.2 Å². The van der Waals surface area contributed by atoms with Gasteiger partial charge >= 0.3 is 0 Å². The van der Waals surface area contributed by atoms with E-state index in [2.05, 4.69) is 65.1 Å². The van der Waals surface area contributed by atoms with Crippen molar-refractivity contribution in [2.45, 2.75) is 44.9 Å². The maximum absolute atomic E-state index is 10.5. The first-order chi connectivity index (χ1) is 17.2. The molecule has 35 heavy (non-hydrogen) atoms. The quantitative estimate of drug-likeness (QED) is 0.113. The molecule has 0 saturated heterocycles. The van der Waals surface area contributed by atoms with Crippen LogP contribution in [-0.4, -0.2) is 17.3 Å². The van der Waals surface area contributed by atoms with E-state index in [9.17, 15) is 15.3 Å². The van der Waals surface area contributed by atoms with E-state index in [1.807, 2.05) is 18.2 Å². The molecule has 0 heterocycles. The maximum atomic E-state index is 10.5. The zero-order valence-corrected chi connectivity index (χ0v) is 21.8. The molecule has 3 aromatic rings. The van der Waals surface area contributed by atoms with E-state index in [0.717, 1.165) is 82.8 Å². The number of benzene rings is 3. The summed E-state index contributed by atoms with van der Waals surface area (Å²) in [5, 5.41) is 19.8. The summed E-state index contributed by atoms with van der Waals surface area (Å²) in [6.07, 6.45) is 6.87. The van der Waals surface area contributed by atoms with E-state index in [-0.39, 0.29) is 0 Å². The van der Waals surface area contributed by atoms with Crippen LogP contribution in [0.25, 0.3) is 22.3 Å². The molecule has 0 fully saturated rings. The zero-order chi connectivity index (χ0) is 24.6. The molecule has 0 N–H and O–H groups in total. The van der Waals surface area contributed by atoms with Crippen LogP contribution in [0.15, 0.2) is 48.5 Å². The van der Waals surface area contributed by atoms with Gasteiger partial charge in [-0.1, -0.05) is 52.9 Å². The number of carbonyl (C=O) groups is 1. The van der Waals surface area contributed by atoms with Crippen molar-refractivity contribution in [1.29, 1.82) is 10.5 Å². The number of rotatable bonds is 10. The molecule has 0 saturated carbocycles. The second-order valence-corrected chi connectivity index (χ2v) is 9.78. The third-order valence-electron chi connectivity index (χ3n) is 6.56. The topological polar surface area (TPSA) is 73.9 Å². The number of hydrogen-bond donors (Lipinski definition) is 0. The minimum Gasteiger partial charge on any atom is -0.494 e. The van der Waals surface area contributed by atoms with E-state index in [1.54, 1.807) is 0 Å². The highest BCUT2D eigenvalue weighted by atomic mass is 127. The zero-order valence-electron chi connectivity index (χ0n) is 19.6. The van der Waals surface area contributed by atoms with Gasteiger partial charge in [0, 0.05) is 10.8 Å². The lowest BCUT2D eigenvalue weighted by atomic mass is 9.77. The highest BCUT2D eigenvalue weighted by Crippen LogP contribution is 2.44. The number of alkyl halides is 1. The Balaban J connectivity index is 1.78. The van der Waals surface area contributed by atoms with Gasteiger partial charge in [-0.05, 0) is 95.7 Å². The molecule has 0 unspecified atom stereocenters. The number of fused-ring (bicyclic) bond motifs is 3. The van der Waals surface area contributed by atoms with Crippen molar-refractivity contribution >= 4 is 28.9 Å². The lowest BCUT2D eigenvalue weighted by molar-refractivity contribution is -0.107. The Morgan fingerprint density at radius 3 is 2.57 bits per heavy atom. The van der Waals surface area contributed by atoms with Gasteiger partial charge in [-0.25, -0.2) is 0 Å². The number of nitrogens with zero attached hydrogens (tertiary/aromatic N) is 2. The number of hydrogen-bond acceptors (Lipinski definition) is 4. The van der Waals surface area contributed by atoms with Crippen LogP contribution in [0.4, 0.5) is 0 Å². The van der Waals surface area contributed by atoms with Crippen molar-refractivity contribution in [3.05, 3.63) is 76.3 Å². The Morgan fingerprint density at radius 2 is 1.80 bits per heavy atom. The fraction of sp³-hybridized carbons (Fsp3) is 0.300. The highest BCUT2D eigenvalue weighted by Gasteiger charge is 2.26. The molecule has 0 spiro atoms. The summed E-state index contributed by atoms with van der Waals surface area (Å²) in [6, 6.07) is 21.1. The van der Waals surface area contributed by atoms with Gasteiger partial charge in [0.1, 0.15) is 24.2 Å². The van der Waals surface area contributed by atoms with Crippen molar-refractivity contribution < 1.29 is 9.53 Å². The summed E-state index contributed by atoms with van der Waals surface area (Å²) >= 11 is 2.39. The molecule has 1 aliphatic carbocycles. The smallest absolute Gasteiger partial charge is 0.119 e. The van der Waals surface area contributed by atoms with Gasteiger partial charge in [0.2, 0.25) is 0 Å². The molecule has 4 nitrogen and oxygen atoms in total. The van der Waals surface area contributed by atoms with Gasteiger partial charge in [0.25, 0.3) is 0 Å². The number of carbonyl (C=O) groups excluding carboxylic acids is 1. The van der Waals surface area contributed by atoms with Crippen LogP contribution in [0.5, 0.6) is 5.75 Å². The summed E-state index contributed by atoms with van der Waals surface area (Å²) in [7, 11) is 0. The number of nitriles is 2. The second kappa shape index (κ2) is 12.0. The molecule has 0 bridgehead atoms. The Bertz CT molecular complexity index is 1320. The molecular formula is C30H27IN2O2. The van der Waals surface area contributed by atoms with Crippen LogP contribution in [-0.2, 0) is 24.1 Å². The van der Waals surface area contributed by atoms with Crippen LogP contribution >= 0.6 is 22.6 Å². The monoisotopic (exact) mass is 574 g/mol. The maximum Gasteiger partial charge on any atom is 0.119 e. The molecular weight excluding hydrogens is 547 g/mol. The van der Waals surface area contributed by atoms with Crippen molar-refractivity contribution in [2.24, 2.45) is 0 Å². The average molecular weight is 574 g/mol. The summed E-state index contributed by atoms with van der Waals surface area (Å²) in [5.41, 5.74) is 8.73.